The highest BCUT2D eigenvalue weighted by atomic mass is 16.5. The van der Waals surface area contributed by atoms with E-state index in [1.54, 1.807) is 27.0 Å². The molecule has 1 aliphatic heterocycles. The standard InChI is InChI=1S/C27H39N3O3/c1-7-10-18(2)24(32-6)15-14-19(3)26(31)25(20(4)28)30-27(22-11-8-12-22)33-21(5)23-13-9-16-29-17-23/h9-10,13-15,17,21,29-30H,7-8,11-12,16,28H2,1-6H3/b18-10+,19-14+,24-15+,25-20+. The van der Waals surface area contributed by atoms with Crippen molar-refractivity contribution in [1.82, 2.24) is 10.6 Å². The fourth-order valence-corrected chi connectivity index (χ4v) is 3.46. The van der Waals surface area contributed by atoms with E-state index in [0.29, 0.717) is 22.9 Å². The fourth-order valence-electron chi connectivity index (χ4n) is 3.46. The maximum absolute atomic E-state index is 13.3. The summed E-state index contributed by atoms with van der Waals surface area (Å²) in [5, 5.41) is 6.44. The van der Waals surface area contributed by atoms with Gasteiger partial charge in [-0.3, -0.25) is 4.79 Å². The van der Waals surface area contributed by atoms with Gasteiger partial charge in [0, 0.05) is 24.0 Å². The Hall–Kier alpha value is -3.15. The Kier molecular flexibility index (Phi) is 10.1. The van der Waals surface area contributed by atoms with Crippen LogP contribution in [0.4, 0.5) is 0 Å². The second-order valence-corrected chi connectivity index (χ2v) is 8.39. The predicted molar refractivity (Wildman–Crippen MR) is 135 cm³/mol. The number of ether oxygens (including phenoxy) is 2. The van der Waals surface area contributed by atoms with Gasteiger partial charge in [0.25, 0.3) is 0 Å². The van der Waals surface area contributed by atoms with Crippen LogP contribution in [0.1, 0.15) is 60.3 Å². The lowest BCUT2D eigenvalue weighted by atomic mass is 9.92. The summed E-state index contributed by atoms with van der Waals surface area (Å²) >= 11 is 0. The number of carbonyl (C=O) groups is 1. The largest absolute Gasteiger partial charge is 0.497 e. The lowest BCUT2D eigenvalue weighted by Gasteiger charge is -2.27. The van der Waals surface area contributed by atoms with Crippen LogP contribution in [0.15, 0.2) is 81.9 Å². The first-order chi connectivity index (χ1) is 15.8. The summed E-state index contributed by atoms with van der Waals surface area (Å²) in [6.45, 7) is 10.4. The van der Waals surface area contributed by atoms with E-state index in [0.717, 1.165) is 49.1 Å². The van der Waals surface area contributed by atoms with Crippen LogP contribution < -0.4 is 16.4 Å². The van der Waals surface area contributed by atoms with Crippen molar-refractivity contribution < 1.29 is 14.3 Å². The number of hydrogen-bond donors (Lipinski definition) is 3. The monoisotopic (exact) mass is 453 g/mol. The molecule has 0 aromatic carbocycles. The average Bonchev–Trinajstić information content (AvgIpc) is 2.76. The number of allylic oxidation sites excluding steroid dienone is 7. The summed E-state index contributed by atoms with van der Waals surface area (Å²) < 4.78 is 11.8. The van der Waals surface area contributed by atoms with Crippen molar-refractivity contribution in [3.63, 3.8) is 0 Å². The van der Waals surface area contributed by atoms with E-state index in [1.807, 2.05) is 26.1 Å². The Morgan fingerprint density at radius 2 is 1.97 bits per heavy atom. The minimum absolute atomic E-state index is 0.170. The SMILES string of the molecule is CC/C=C(C)/C(=C\C=C(/C)C(=O)/C(NC(OC(C)C1=CNCC=C1)=C1CCC1)=C(/C)N)OC. The first kappa shape index (κ1) is 26.1. The van der Waals surface area contributed by atoms with Gasteiger partial charge in [-0.2, -0.15) is 0 Å². The van der Waals surface area contributed by atoms with E-state index < -0.39 is 0 Å². The maximum atomic E-state index is 13.3. The molecule has 1 aliphatic carbocycles. The van der Waals surface area contributed by atoms with Gasteiger partial charge in [-0.05, 0) is 76.2 Å². The van der Waals surface area contributed by atoms with Gasteiger partial charge in [0.1, 0.15) is 17.6 Å². The summed E-state index contributed by atoms with van der Waals surface area (Å²) in [7, 11) is 1.63. The molecule has 6 heteroatoms. The van der Waals surface area contributed by atoms with Gasteiger partial charge in [-0.15, -0.1) is 0 Å². The van der Waals surface area contributed by atoms with Gasteiger partial charge < -0.3 is 25.8 Å². The zero-order valence-corrected chi connectivity index (χ0v) is 20.9. The van der Waals surface area contributed by atoms with Gasteiger partial charge in [0.2, 0.25) is 5.78 Å². The molecule has 0 saturated heterocycles. The Labute approximate surface area is 198 Å². The lowest BCUT2D eigenvalue weighted by molar-refractivity contribution is -0.112. The van der Waals surface area contributed by atoms with E-state index >= 15 is 0 Å². The molecule has 1 heterocycles. The number of carbonyl (C=O) groups excluding carboxylic acids is 1. The van der Waals surface area contributed by atoms with E-state index in [2.05, 4.69) is 35.8 Å². The molecule has 0 aromatic heterocycles. The van der Waals surface area contributed by atoms with Crippen molar-refractivity contribution in [2.45, 2.75) is 66.4 Å². The topological polar surface area (TPSA) is 85.6 Å². The van der Waals surface area contributed by atoms with Crippen LogP contribution in [0.3, 0.4) is 0 Å². The number of dihydropyridines is 1. The molecule has 2 rings (SSSR count). The Morgan fingerprint density at radius 3 is 2.48 bits per heavy atom. The number of nitrogens with two attached hydrogens (primary N) is 1. The van der Waals surface area contributed by atoms with Crippen molar-refractivity contribution >= 4 is 5.78 Å². The van der Waals surface area contributed by atoms with Crippen LogP contribution in [-0.4, -0.2) is 25.5 Å². The zero-order valence-electron chi connectivity index (χ0n) is 20.9. The van der Waals surface area contributed by atoms with Crippen molar-refractivity contribution in [2.24, 2.45) is 5.73 Å². The summed E-state index contributed by atoms with van der Waals surface area (Å²) in [4.78, 5) is 13.3. The second-order valence-electron chi connectivity index (χ2n) is 8.39. The molecule has 0 aromatic rings. The van der Waals surface area contributed by atoms with Crippen LogP contribution in [0.25, 0.3) is 0 Å². The number of ketones is 1. The molecule has 1 fully saturated rings. The molecule has 180 valence electrons. The molecule has 2 aliphatic rings. The van der Waals surface area contributed by atoms with Crippen molar-refractivity contribution in [3.8, 4) is 0 Å². The van der Waals surface area contributed by atoms with Gasteiger partial charge in [0.05, 0.1) is 7.11 Å². The minimum atomic E-state index is -0.175. The Balaban J connectivity index is 2.24. The van der Waals surface area contributed by atoms with Crippen LogP contribution in [0, 0.1) is 0 Å². The smallest absolute Gasteiger partial charge is 0.206 e. The predicted octanol–water partition coefficient (Wildman–Crippen LogP) is 5.01. The minimum Gasteiger partial charge on any atom is -0.497 e. The van der Waals surface area contributed by atoms with Gasteiger partial charge >= 0.3 is 0 Å². The number of nitrogens with one attached hydrogen (secondary N) is 2. The van der Waals surface area contributed by atoms with E-state index in [-0.39, 0.29) is 11.9 Å². The van der Waals surface area contributed by atoms with Crippen LogP contribution >= 0.6 is 0 Å². The van der Waals surface area contributed by atoms with Crippen molar-refractivity contribution in [3.05, 3.63) is 81.9 Å². The first-order valence-corrected chi connectivity index (χ1v) is 11.6. The highest BCUT2D eigenvalue weighted by Crippen LogP contribution is 2.30. The summed E-state index contributed by atoms with van der Waals surface area (Å²) in [5.74, 6) is 1.18. The number of hydrogen-bond acceptors (Lipinski definition) is 6. The second kappa shape index (κ2) is 12.8. The van der Waals surface area contributed by atoms with E-state index in [4.69, 9.17) is 15.2 Å². The van der Waals surface area contributed by atoms with E-state index in [1.165, 1.54) is 5.57 Å². The highest BCUT2D eigenvalue weighted by molar-refractivity contribution is 6.08. The van der Waals surface area contributed by atoms with Crippen molar-refractivity contribution in [2.75, 3.05) is 13.7 Å². The Morgan fingerprint density at radius 1 is 1.24 bits per heavy atom. The third-order valence-corrected chi connectivity index (χ3v) is 5.68. The lowest BCUT2D eigenvalue weighted by Crippen LogP contribution is -2.30. The maximum Gasteiger partial charge on any atom is 0.206 e. The summed E-state index contributed by atoms with van der Waals surface area (Å²) in [5.41, 5.74) is 10.7. The molecule has 6 nitrogen and oxygen atoms in total. The number of rotatable bonds is 11. The van der Waals surface area contributed by atoms with Gasteiger partial charge in [-0.1, -0.05) is 31.2 Å². The molecule has 1 atom stereocenters. The average molecular weight is 454 g/mol. The molecule has 0 bridgehead atoms. The molecule has 0 radical (unpaired) electrons. The van der Waals surface area contributed by atoms with Gasteiger partial charge in [-0.25, -0.2) is 0 Å². The third-order valence-electron chi connectivity index (χ3n) is 5.68. The molecule has 33 heavy (non-hydrogen) atoms. The quantitative estimate of drug-likeness (QED) is 0.232. The van der Waals surface area contributed by atoms with Crippen LogP contribution in [0.2, 0.25) is 0 Å². The van der Waals surface area contributed by atoms with Crippen LogP contribution in [-0.2, 0) is 14.3 Å². The number of methoxy groups -OCH3 is 1. The fraction of sp³-hybridized carbons (Fsp3) is 0.444. The molecule has 4 N–H and O–H groups in total. The third kappa shape index (κ3) is 7.45. The van der Waals surface area contributed by atoms with E-state index in [9.17, 15) is 4.79 Å². The molecule has 0 amide bonds. The molecular formula is C27H39N3O3. The first-order valence-electron chi connectivity index (χ1n) is 11.6. The highest BCUT2D eigenvalue weighted by Gasteiger charge is 2.23. The number of Topliss-reactive ketones (excluding diaryl/α,β-unsaturated/α-hetero) is 1. The molecule has 0 spiro atoms. The summed E-state index contributed by atoms with van der Waals surface area (Å²) in [6, 6.07) is 0. The molecular weight excluding hydrogens is 414 g/mol. The molecule has 1 saturated carbocycles. The normalized spacial score (nSPS) is 18.4. The van der Waals surface area contributed by atoms with Crippen LogP contribution in [0.5, 0.6) is 0 Å². The summed E-state index contributed by atoms with van der Waals surface area (Å²) in [6.07, 6.45) is 15.5. The zero-order chi connectivity index (χ0) is 24.4. The Bertz CT molecular complexity index is 936. The van der Waals surface area contributed by atoms with Gasteiger partial charge in [0.15, 0.2) is 5.88 Å². The molecule has 1 unspecified atom stereocenters. The van der Waals surface area contributed by atoms with Crippen molar-refractivity contribution in [1.29, 1.82) is 0 Å².